The van der Waals surface area contributed by atoms with Gasteiger partial charge in [0.2, 0.25) is 5.96 Å². The predicted molar refractivity (Wildman–Crippen MR) is 102 cm³/mol. The number of benzene rings is 2. The molecule has 2 aromatic carbocycles. The minimum Gasteiger partial charge on any atom is -0.367 e. The highest BCUT2D eigenvalue weighted by molar-refractivity contribution is 9.10. The van der Waals surface area contributed by atoms with Crippen molar-refractivity contribution in [2.24, 2.45) is 10.8 Å². The molecule has 142 valence electrons. The molecular formula is C15H14BrN5O5S. The molecule has 0 amide bonds. The molecule has 3 N–H and O–H groups in total. The van der Waals surface area contributed by atoms with Crippen molar-refractivity contribution in [1.82, 2.24) is 5.17 Å². The molecular weight excluding hydrogens is 442 g/mol. The Labute approximate surface area is 163 Å². The smallest absolute Gasteiger partial charge is 0.319 e. The summed E-state index contributed by atoms with van der Waals surface area (Å²) in [5.74, 6) is -0.778. The average Bonchev–Trinajstić information content (AvgIpc) is 2.59. The number of hydrogen-bond acceptors (Lipinski definition) is 7. The van der Waals surface area contributed by atoms with Gasteiger partial charge in [0.1, 0.15) is 0 Å². The van der Waals surface area contributed by atoms with E-state index in [1.54, 1.807) is 19.1 Å². The van der Waals surface area contributed by atoms with Gasteiger partial charge in [0.25, 0.3) is 5.69 Å². The van der Waals surface area contributed by atoms with Crippen molar-refractivity contribution in [3.05, 3.63) is 68.2 Å². The van der Waals surface area contributed by atoms with E-state index in [4.69, 9.17) is 15.4 Å². The fourth-order valence-corrected chi connectivity index (χ4v) is 3.14. The number of guanidine groups is 1. The lowest BCUT2D eigenvalue weighted by atomic mass is 10.2. The number of hydroxylamine groups is 1. The molecule has 0 aliphatic heterocycles. The zero-order chi connectivity index (χ0) is 20.2. The highest BCUT2D eigenvalue weighted by Gasteiger charge is 2.21. The van der Waals surface area contributed by atoms with E-state index in [0.29, 0.717) is 15.2 Å². The Morgan fingerprint density at radius 3 is 2.48 bits per heavy atom. The topological polar surface area (TPSA) is 152 Å². The number of nitrogens with two attached hydrogens (primary N) is 1. The molecule has 0 heterocycles. The van der Waals surface area contributed by atoms with Gasteiger partial charge in [0.15, 0.2) is 0 Å². The fraction of sp³-hybridized carbons (Fsp3) is 0.0667. The predicted octanol–water partition coefficient (Wildman–Crippen LogP) is 2.52. The third kappa shape index (κ3) is 5.32. The summed E-state index contributed by atoms with van der Waals surface area (Å²) in [7, 11) is -4.26. The summed E-state index contributed by atoms with van der Waals surface area (Å²) in [6.07, 6.45) is 1.14. The number of nitrogens with one attached hydrogen (secondary N) is 1. The maximum Gasteiger partial charge on any atom is 0.319 e. The van der Waals surface area contributed by atoms with Gasteiger partial charge in [-0.2, -0.15) is 8.42 Å². The summed E-state index contributed by atoms with van der Waals surface area (Å²) in [5, 5.41) is 22.2. The molecule has 12 heteroatoms. The standard InChI is InChI=1S/C15H14BrN5O5S/c1-10-2-6-13(7-3-10)27(24,25)26-20(15(17)18)19-9-11-4-5-12(21(22)23)8-14(11)16/h2-9H,1H3,(H3,17,18). The van der Waals surface area contributed by atoms with Crippen LogP contribution < -0.4 is 5.73 Å². The lowest BCUT2D eigenvalue weighted by Crippen LogP contribution is -2.34. The molecule has 0 saturated carbocycles. The largest absolute Gasteiger partial charge is 0.367 e. The minimum atomic E-state index is -4.26. The monoisotopic (exact) mass is 455 g/mol. The molecule has 2 aromatic rings. The van der Waals surface area contributed by atoms with Crippen molar-refractivity contribution >= 4 is 43.9 Å². The Balaban J connectivity index is 2.25. The van der Waals surface area contributed by atoms with Gasteiger partial charge in [0, 0.05) is 22.2 Å². The van der Waals surface area contributed by atoms with Crippen LogP contribution >= 0.6 is 15.9 Å². The number of hydrazone groups is 1. The van der Waals surface area contributed by atoms with E-state index in [9.17, 15) is 18.5 Å². The number of rotatable bonds is 6. The molecule has 10 nitrogen and oxygen atoms in total. The van der Waals surface area contributed by atoms with Crippen LogP contribution in [0.25, 0.3) is 0 Å². The van der Waals surface area contributed by atoms with Crippen molar-refractivity contribution in [2.75, 3.05) is 0 Å². The first kappa shape index (κ1) is 20.5. The van der Waals surface area contributed by atoms with Gasteiger partial charge >= 0.3 is 10.1 Å². The molecule has 0 bridgehead atoms. The molecule has 0 aliphatic carbocycles. The number of non-ortho nitro benzene ring substituents is 1. The van der Waals surface area contributed by atoms with Crippen LogP contribution in [0.1, 0.15) is 11.1 Å². The number of halogens is 1. The van der Waals surface area contributed by atoms with Gasteiger partial charge in [-0.05, 0) is 41.1 Å². The number of nitro benzene ring substituents is 1. The lowest BCUT2D eigenvalue weighted by Gasteiger charge is -2.15. The van der Waals surface area contributed by atoms with Crippen molar-refractivity contribution in [1.29, 1.82) is 5.41 Å². The van der Waals surface area contributed by atoms with Gasteiger partial charge in [-0.1, -0.05) is 22.9 Å². The van der Waals surface area contributed by atoms with Crippen LogP contribution in [0.3, 0.4) is 0 Å². The van der Waals surface area contributed by atoms with Crippen molar-refractivity contribution in [3.8, 4) is 0 Å². The molecule has 0 aliphatic rings. The highest BCUT2D eigenvalue weighted by Crippen LogP contribution is 2.22. The van der Waals surface area contributed by atoms with E-state index >= 15 is 0 Å². The van der Waals surface area contributed by atoms with E-state index in [0.717, 1.165) is 11.8 Å². The van der Waals surface area contributed by atoms with Crippen LogP contribution in [0.4, 0.5) is 5.69 Å². The number of hydrogen-bond donors (Lipinski definition) is 2. The second-order valence-electron chi connectivity index (χ2n) is 5.21. The second kappa shape index (κ2) is 8.24. The number of aryl methyl sites for hydroxylation is 1. The summed E-state index contributed by atoms with van der Waals surface area (Å²) >= 11 is 3.15. The van der Waals surface area contributed by atoms with E-state index in [-0.39, 0.29) is 10.6 Å². The number of nitro groups is 1. The minimum absolute atomic E-state index is 0.133. The fourth-order valence-electron chi connectivity index (χ4n) is 1.81. The van der Waals surface area contributed by atoms with E-state index in [2.05, 4.69) is 21.0 Å². The Morgan fingerprint density at radius 2 is 1.96 bits per heavy atom. The van der Waals surface area contributed by atoms with Crippen molar-refractivity contribution in [2.45, 2.75) is 11.8 Å². The van der Waals surface area contributed by atoms with E-state index in [1.165, 1.54) is 30.3 Å². The Kier molecular flexibility index (Phi) is 6.25. The SMILES string of the molecule is Cc1ccc(S(=O)(=O)ON(N=Cc2ccc([N+](=O)[O-])cc2Br)C(=N)N)cc1. The average molecular weight is 456 g/mol. The summed E-state index contributed by atoms with van der Waals surface area (Å²) in [6, 6.07) is 9.76. The van der Waals surface area contributed by atoms with Crippen LogP contribution in [0, 0.1) is 22.4 Å². The molecule has 0 aromatic heterocycles. The second-order valence-corrected chi connectivity index (χ2v) is 7.59. The first-order valence-corrected chi connectivity index (χ1v) is 9.43. The summed E-state index contributed by atoms with van der Waals surface area (Å²) < 4.78 is 29.7. The van der Waals surface area contributed by atoms with Gasteiger partial charge in [-0.25, -0.2) is 0 Å². The van der Waals surface area contributed by atoms with Crippen molar-refractivity contribution in [3.63, 3.8) is 0 Å². The first-order valence-electron chi connectivity index (χ1n) is 7.23. The molecule has 0 fully saturated rings. The van der Waals surface area contributed by atoms with Crippen LogP contribution in [0.15, 0.2) is 56.9 Å². The van der Waals surface area contributed by atoms with Crippen LogP contribution in [0.5, 0.6) is 0 Å². The molecule has 0 unspecified atom stereocenters. The van der Waals surface area contributed by atoms with Crippen LogP contribution in [-0.4, -0.2) is 30.7 Å². The molecule has 27 heavy (non-hydrogen) atoms. The highest BCUT2D eigenvalue weighted by atomic mass is 79.9. The normalized spacial score (nSPS) is 11.5. The maximum atomic E-state index is 12.3. The first-order chi connectivity index (χ1) is 12.6. The van der Waals surface area contributed by atoms with E-state index in [1.807, 2.05) is 0 Å². The summed E-state index contributed by atoms with van der Waals surface area (Å²) in [6.45, 7) is 1.80. The third-order valence-corrected chi connectivity index (χ3v) is 5.05. The van der Waals surface area contributed by atoms with Gasteiger partial charge < -0.3 is 5.73 Å². The zero-order valence-corrected chi connectivity index (χ0v) is 16.3. The zero-order valence-electron chi connectivity index (χ0n) is 13.9. The molecule has 0 saturated heterocycles. The molecule has 0 atom stereocenters. The molecule has 0 spiro atoms. The summed E-state index contributed by atoms with van der Waals surface area (Å²) in [4.78, 5) is 10.0. The quantitative estimate of drug-likeness (QED) is 0.293. The van der Waals surface area contributed by atoms with Gasteiger partial charge in [-0.3, -0.25) is 15.5 Å². The molecule has 2 rings (SSSR count). The van der Waals surface area contributed by atoms with Crippen LogP contribution in [0.2, 0.25) is 0 Å². The third-order valence-electron chi connectivity index (χ3n) is 3.18. The van der Waals surface area contributed by atoms with Gasteiger partial charge in [-0.15, -0.1) is 9.39 Å². The number of nitrogens with zero attached hydrogens (tertiary/aromatic N) is 3. The van der Waals surface area contributed by atoms with Crippen molar-refractivity contribution < 1.29 is 17.6 Å². The maximum absolute atomic E-state index is 12.3. The lowest BCUT2D eigenvalue weighted by molar-refractivity contribution is -0.384. The van der Waals surface area contributed by atoms with E-state index < -0.39 is 21.0 Å². The van der Waals surface area contributed by atoms with Gasteiger partial charge in [0.05, 0.1) is 16.0 Å². The van der Waals surface area contributed by atoms with Crippen LogP contribution in [-0.2, 0) is 14.4 Å². The molecule has 0 radical (unpaired) electrons. The Hall–Kier alpha value is -2.83. The summed E-state index contributed by atoms with van der Waals surface area (Å²) in [5.41, 5.74) is 6.42. The Morgan fingerprint density at radius 1 is 1.33 bits per heavy atom. The Bertz CT molecular complexity index is 1010.